The van der Waals surface area contributed by atoms with Gasteiger partial charge in [0, 0.05) is 25.2 Å². The van der Waals surface area contributed by atoms with Gasteiger partial charge in [0.05, 0.1) is 0 Å². The van der Waals surface area contributed by atoms with Gasteiger partial charge in [-0.1, -0.05) is 20.8 Å². The van der Waals surface area contributed by atoms with Gasteiger partial charge in [-0.05, 0) is 43.1 Å². The molecule has 1 saturated heterocycles. The summed E-state index contributed by atoms with van der Waals surface area (Å²) in [5.74, 6) is 0.188. The first-order chi connectivity index (χ1) is 11.2. The maximum atomic E-state index is 12.4. The molecule has 1 atom stereocenters. The van der Waals surface area contributed by atoms with Crippen LogP contribution in [-0.2, 0) is 11.2 Å². The molecule has 1 aromatic rings. The molecule has 0 unspecified atom stereocenters. The number of nitrogens with two attached hydrogens (primary N) is 1. The fourth-order valence-corrected chi connectivity index (χ4v) is 3.12. The highest BCUT2D eigenvalue weighted by molar-refractivity contribution is 5.90. The van der Waals surface area contributed by atoms with Crippen LogP contribution in [0.15, 0.2) is 12.4 Å². The molecule has 0 bridgehead atoms. The number of hydrogen-bond donors (Lipinski definition) is 1. The third kappa shape index (κ3) is 5.58. The number of hydrogen-bond acceptors (Lipinski definition) is 4. The van der Waals surface area contributed by atoms with E-state index in [-0.39, 0.29) is 17.0 Å². The highest BCUT2D eigenvalue weighted by Crippen LogP contribution is 2.24. The van der Waals surface area contributed by atoms with Crippen LogP contribution in [0.5, 0.6) is 0 Å². The maximum Gasteiger partial charge on any atom is 0.267 e. The Labute approximate surface area is 143 Å². The van der Waals surface area contributed by atoms with Crippen molar-refractivity contribution in [3.8, 4) is 0 Å². The van der Waals surface area contributed by atoms with Gasteiger partial charge in [-0.2, -0.15) is 0 Å². The number of primary amides is 1. The minimum atomic E-state index is -0.529. The smallest absolute Gasteiger partial charge is 0.267 e. The maximum absolute atomic E-state index is 12.4. The molecule has 1 aliphatic rings. The molecular weight excluding hydrogens is 304 g/mol. The van der Waals surface area contributed by atoms with E-state index in [0.29, 0.717) is 12.3 Å². The van der Waals surface area contributed by atoms with Crippen molar-refractivity contribution in [3.63, 3.8) is 0 Å². The Morgan fingerprint density at radius 3 is 2.67 bits per heavy atom. The standard InChI is InChI=1S/C18H28N4O2/c1-18(2,3)11-16(23)22-7-4-5-13(6-8-22)9-14-10-15(17(19)24)21-12-20-14/h10,12-13H,4-9,11H2,1-3H3,(H2,19,24)/t13-/m1/s1. The third-order valence-electron chi connectivity index (χ3n) is 4.36. The van der Waals surface area contributed by atoms with Crippen LogP contribution in [0.2, 0.25) is 0 Å². The second-order valence-corrected chi connectivity index (χ2v) is 7.88. The lowest BCUT2D eigenvalue weighted by molar-refractivity contribution is -0.133. The van der Waals surface area contributed by atoms with E-state index >= 15 is 0 Å². The molecule has 24 heavy (non-hydrogen) atoms. The van der Waals surface area contributed by atoms with Gasteiger partial charge in [-0.3, -0.25) is 9.59 Å². The highest BCUT2D eigenvalue weighted by atomic mass is 16.2. The number of carbonyl (C=O) groups excluding carboxylic acids is 2. The summed E-state index contributed by atoms with van der Waals surface area (Å²) in [6.45, 7) is 7.92. The molecule has 0 aliphatic carbocycles. The van der Waals surface area contributed by atoms with Gasteiger partial charge in [-0.25, -0.2) is 9.97 Å². The van der Waals surface area contributed by atoms with Gasteiger partial charge in [0.25, 0.3) is 5.91 Å². The number of likely N-dealkylation sites (tertiary alicyclic amines) is 1. The summed E-state index contributed by atoms with van der Waals surface area (Å²) in [6, 6.07) is 1.68. The molecule has 0 saturated carbocycles. The molecule has 1 aromatic heterocycles. The Morgan fingerprint density at radius 2 is 2.00 bits per heavy atom. The van der Waals surface area contributed by atoms with Crippen LogP contribution in [0.25, 0.3) is 0 Å². The van der Waals surface area contributed by atoms with Crippen molar-refractivity contribution in [1.29, 1.82) is 0 Å². The average Bonchev–Trinajstić information content (AvgIpc) is 2.71. The molecule has 0 spiro atoms. The molecule has 2 N–H and O–H groups in total. The largest absolute Gasteiger partial charge is 0.364 e. The molecule has 2 amide bonds. The fourth-order valence-electron chi connectivity index (χ4n) is 3.12. The van der Waals surface area contributed by atoms with Crippen molar-refractivity contribution < 1.29 is 9.59 Å². The van der Waals surface area contributed by atoms with Crippen LogP contribution in [0.1, 0.15) is 62.6 Å². The van der Waals surface area contributed by atoms with Crippen LogP contribution in [0, 0.1) is 11.3 Å². The first kappa shape index (κ1) is 18.4. The van der Waals surface area contributed by atoms with Crippen LogP contribution >= 0.6 is 0 Å². The summed E-state index contributed by atoms with van der Waals surface area (Å²) in [4.78, 5) is 33.8. The first-order valence-electron chi connectivity index (χ1n) is 8.63. The zero-order valence-electron chi connectivity index (χ0n) is 14.9. The summed E-state index contributed by atoms with van der Waals surface area (Å²) >= 11 is 0. The minimum absolute atomic E-state index is 0.0227. The van der Waals surface area contributed by atoms with Crippen molar-refractivity contribution in [2.75, 3.05) is 13.1 Å². The van der Waals surface area contributed by atoms with E-state index < -0.39 is 5.91 Å². The Morgan fingerprint density at radius 1 is 1.25 bits per heavy atom. The lowest BCUT2D eigenvalue weighted by Gasteiger charge is -2.25. The quantitative estimate of drug-likeness (QED) is 0.915. The van der Waals surface area contributed by atoms with Gasteiger partial charge < -0.3 is 10.6 Å². The molecule has 6 heteroatoms. The van der Waals surface area contributed by atoms with E-state index in [0.717, 1.165) is 44.5 Å². The lowest BCUT2D eigenvalue weighted by Crippen LogP contribution is -2.34. The highest BCUT2D eigenvalue weighted by Gasteiger charge is 2.24. The second-order valence-electron chi connectivity index (χ2n) is 7.88. The number of rotatable bonds is 4. The predicted molar refractivity (Wildman–Crippen MR) is 92.2 cm³/mol. The molecule has 1 fully saturated rings. The molecule has 1 aliphatic heterocycles. The van der Waals surface area contributed by atoms with Crippen LogP contribution < -0.4 is 5.73 Å². The van der Waals surface area contributed by atoms with Crippen LogP contribution in [0.3, 0.4) is 0 Å². The third-order valence-corrected chi connectivity index (χ3v) is 4.36. The topological polar surface area (TPSA) is 89.2 Å². The fraction of sp³-hybridized carbons (Fsp3) is 0.667. The van der Waals surface area contributed by atoms with Gasteiger partial charge in [0.1, 0.15) is 12.0 Å². The van der Waals surface area contributed by atoms with Crippen molar-refractivity contribution in [1.82, 2.24) is 14.9 Å². The van der Waals surface area contributed by atoms with E-state index in [1.165, 1.54) is 6.33 Å². The SMILES string of the molecule is CC(C)(C)CC(=O)N1CCC[C@@H](Cc2cc(C(N)=O)ncn2)CC1. The van der Waals surface area contributed by atoms with E-state index in [2.05, 4.69) is 30.7 Å². The van der Waals surface area contributed by atoms with Gasteiger partial charge >= 0.3 is 0 Å². The Hall–Kier alpha value is -1.98. The predicted octanol–water partition coefficient (Wildman–Crippen LogP) is 2.18. The molecule has 0 radical (unpaired) electrons. The van der Waals surface area contributed by atoms with Crippen molar-refractivity contribution in [2.45, 2.75) is 52.9 Å². The summed E-state index contributed by atoms with van der Waals surface area (Å²) in [5, 5.41) is 0. The van der Waals surface area contributed by atoms with Gasteiger partial charge in [0.15, 0.2) is 0 Å². The van der Waals surface area contributed by atoms with Gasteiger partial charge in [-0.15, -0.1) is 0 Å². The lowest BCUT2D eigenvalue weighted by atomic mass is 9.91. The van der Waals surface area contributed by atoms with Gasteiger partial charge in [0.2, 0.25) is 5.91 Å². The van der Waals surface area contributed by atoms with Crippen molar-refractivity contribution in [2.24, 2.45) is 17.1 Å². The Kier molecular flexibility index (Phi) is 5.91. The first-order valence-corrected chi connectivity index (χ1v) is 8.63. The summed E-state index contributed by atoms with van der Waals surface area (Å²) < 4.78 is 0. The molecule has 2 heterocycles. The molecular formula is C18H28N4O2. The van der Waals surface area contributed by atoms with Crippen LogP contribution in [0.4, 0.5) is 0 Å². The van der Waals surface area contributed by atoms with Crippen LogP contribution in [-0.4, -0.2) is 39.8 Å². The summed E-state index contributed by atoms with van der Waals surface area (Å²) in [7, 11) is 0. The normalized spacial score (nSPS) is 19.0. The number of amides is 2. The number of nitrogens with zero attached hydrogens (tertiary/aromatic N) is 3. The second kappa shape index (κ2) is 7.73. The zero-order valence-corrected chi connectivity index (χ0v) is 14.9. The Bertz CT molecular complexity index is 595. The minimum Gasteiger partial charge on any atom is -0.364 e. The van der Waals surface area contributed by atoms with E-state index in [4.69, 9.17) is 5.73 Å². The molecule has 0 aromatic carbocycles. The molecule has 132 valence electrons. The Balaban J connectivity index is 1.92. The van der Waals surface area contributed by atoms with Crippen molar-refractivity contribution in [3.05, 3.63) is 23.8 Å². The summed E-state index contributed by atoms with van der Waals surface area (Å²) in [5.41, 5.74) is 6.40. The number of aromatic nitrogens is 2. The monoisotopic (exact) mass is 332 g/mol. The average molecular weight is 332 g/mol. The van der Waals surface area contributed by atoms with Crippen molar-refractivity contribution >= 4 is 11.8 Å². The molecule has 2 rings (SSSR count). The van der Waals surface area contributed by atoms with E-state index in [1.54, 1.807) is 6.07 Å². The number of carbonyl (C=O) groups is 2. The zero-order chi connectivity index (χ0) is 17.7. The summed E-state index contributed by atoms with van der Waals surface area (Å²) in [6.07, 6.45) is 5.82. The van der Waals surface area contributed by atoms with E-state index in [1.807, 2.05) is 4.90 Å². The molecule has 6 nitrogen and oxygen atoms in total. The van der Waals surface area contributed by atoms with E-state index in [9.17, 15) is 9.59 Å².